The maximum atomic E-state index is 9.91. The van der Waals surface area contributed by atoms with Crippen LogP contribution in [0.25, 0.3) is 0 Å². The number of nitrogens with zero attached hydrogens (tertiary/aromatic N) is 2. The van der Waals surface area contributed by atoms with Crippen molar-refractivity contribution in [3.63, 3.8) is 0 Å². The maximum absolute atomic E-state index is 9.91. The maximum Gasteiger partial charge on any atom is 0.135 e. The number of rotatable bonds is 1. The standard InChI is InChI=1S/C17H22N2/c1-14-6-7-15-8-9-17(13-18,16(15)12-14)19-10-4-2-3-5-11-19/h6-7,12H,2-5,8-11H2,1H3. The molecule has 1 aromatic carbocycles. The number of aryl methyl sites for hydroxylation is 2. The van der Waals surface area contributed by atoms with Gasteiger partial charge in [0.1, 0.15) is 5.54 Å². The van der Waals surface area contributed by atoms with Crippen molar-refractivity contribution < 1.29 is 0 Å². The van der Waals surface area contributed by atoms with Gasteiger partial charge >= 0.3 is 0 Å². The Balaban J connectivity index is 2.02. The molecule has 1 unspecified atom stereocenters. The first-order valence-electron chi connectivity index (χ1n) is 7.52. The molecule has 100 valence electrons. The van der Waals surface area contributed by atoms with Crippen LogP contribution in [0.1, 0.15) is 48.8 Å². The summed E-state index contributed by atoms with van der Waals surface area (Å²) in [5.41, 5.74) is 3.61. The Hall–Kier alpha value is -1.33. The van der Waals surface area contributed by atoms with E-state index in [2.05, 4.69) is 36.1 Å². The molecule has 2 aliphatic rings. The second-order valence-corrected chi connectivity index (χ2v) is 6.03. The van der Waals surface area contributed by atoms with E-state index in [0.717, 1.165) is 25.9 Å². The summed E-state index contributed by atoms with van der Waals surface area (Å²) in [4.78, 5) is 2.46. The summed E-state index contributed by atoms with van der Waals surface area (Å²) in [7, 11) is 0. The number of benzene rings is 1. The van der Waals surface area contributed by atoms with Crippen molar-refractivity contribution in [3.8, 4) is 6.07 Å². The molecule has 1 heterocycles. The van der Waals surface area contributed by atoms with Gasteiger partial charge in [-0.15, -0.1) is 0 Å². The quantitative estimate of drug-likeness (QED) is 0.766. The average molecular weight is 254 g/mol. The molecule has 3 rings (SSSR count). The van der Waals surface area contributed by atoms with Crippen LogP contribution in [-0.4, -0.2) is 18.0 Å². The molecule has 2 heteroatoms. The average Bonchev–Trinajstić information content (AvgIpc) is 2.62. The summed E-state index contributed by atoms with van der Waals surface area (Å²) in [5.74, 6) is 0. The van der Waals surface area contributed by atoms with Gasteiger partial charge in [0.2, 0.25) is 0 Å². The van der Waals surface area contributed by atoms with Gasteiger partial charge in [0.05, 0.1) is 6.07 Å². The van der Waals surface area contributed by atoms with E-state index in [1.54, 1.807) is 0 Å². The number of likely N-dealkylation sites (tertiary alicyclic amines) is 1. The van der Waals surface area contributed by atoms with E-state index >= 15 is 0 Å². The van der Waals surface area contributed by atoms with E-state index in [0.29, 0.717) is 0 Å². The lowest BCUT2D eigenvalue weighted by Gasteiger charge is -2.36. The third kappa shape index (κ3) is 2.07. The molecule has 0 spiro atoms. The zero-order valence-corrected chi connectivity index (χ0v) is 11.8. The Morgan fingerprint density at radius 3 is 2.58 bits per heavy atom. The van der Waals surface area contributed by atoms with Crippen LogP contribution in [0.4, 0.5) is 0 Å². The lowest BCUT2D eigenvalue weighted by atomic mass is 9.90. The van der Waals surface area contributed by atoms with Crippen molar-refractivity contribution in [2.75, 3.05) is 13.1 Å². The molecule has 1 aliphatic carbocycles. The van der Waals surface area contributed by atoms with E-state index in [-0.39, 0.29) is 5.54 Å². The Bertz CT molecular complexity index is 506. The summed E-state index contributed by atoms with van der Waals surface area (Å²) < 4.78 is 0. The summed E-state index contributed by atoms with van der Waals surface area (Å²) in [5, 5.41) is 9.91. The van der Waals surface area contributed by atoms with E-state index in [9.17, 15) is 5.26 Å². The number of hydrogen-bond acceptors (Lipinski definition) is 2. The molecule has 0 bridgehead atoms. The van der Waals surface area contributed by atoms with Crippen LogP contribution in [0.3, 0.4) is 0 Å². The zero-order chi connectivity index (χ0) is 13.3. The molecule has 0 saturated carbocycles. The molecular formula is C17H22N2. The minimum Gasteiger partial charge on any atom is -0.282 e. The van der Waals surface area contributed by atoms with Crippen LogP contribution in [0.5, 0.6) is 0 Å². The lowest BCUT2D eigenvalue weighted by Crippen LogP contribution is -2.44. The summed E-state index contributed by atoms with van der Waals surface area (Å²) in [6, 6.07) is 9.33. The largest absolute Gasteiger partial charge is 0.282 e. The van der Waals surface area contributed by atoms with Crippen molar-refractivity contribution >= 4 is 0 Å². The van der Waals surface area contributed by atoms with Crippen LogP contribution < -0.4 is 0 Å². The van der Waals surface area contributed by atoms with Gasteiger partial charge in [-0.25, -0.2) is 0 Å². The number of nitriles is 1. The van der Waals surface area contributed by atoms with Crippen molar-refractivity contribution in [2.45, 2.75) is 51.0 Å². The minimum absolute atomic E-state index is 0.342. The predicted octanol–water partition coefficient (Wildman–Crippen LogP) is 3.54. The predicted molar refractivity (Wildman–Crippen MR) is 76.8 cm³/mol. The van der Waals surface area contributed by atoms with E-state index < -0.39 is 0 Å². The molecule has 1 aromatic rings. The Labute approximate surface area is 116 Å². The molecule has 19 heavy (non-hydrogen) atoms. The van der Waals surface area contributed by atoms with Crippen molar-refractivity contribution in [1.82, 2.24) is 4.90 Å². The third-order valence-corrected chi connectivity index (χ3v) is 4.80. The van der Waals surface area contributed by atoms with Gasteiger partial charge in [-0.3, -0.25) is 4.90 Å². The second kappa shape index (κ2) is 4.98. The SMILES string of the molecule is Cc1ccc2c(c1)C(C#N)(N1CCCCCC1)CC2. The Morgan fingerprint density at radius 1 is 1.16 bits per heavy atom. The van der Waals surface area contributed by atoms with Crippen molar-refractivity contribution in [2.24, 2.45) is 0 Å². The van der Waals surface area contributed by atoms with Crippen LogP contribution in [0.2, 0.25) is 0 Å². The molecule has 0 aromatic heterocycles. The molecule has 0 N–H and O–H groups in total. The van der Waals surface area contributed by atoms with Crippen LogP contribution >= 0.6 is 0 Å². The van der Waals surface area contributed by atoms with E-state index in [1.807, 2.05) is 0 Å². The number of fused-ring (bicyclic) bond motifs is 1. The lowest BCUT2D eigenvalue weighted by molar-refractivity contribution is 0.142. The zero-order valence-electron chi connectivity index (χ0n) is 11.8. The van der Waals surface area contributed by atoms with Gasteiger partial charge in [0, 0.05) is 0 Å². The fourth-order valence-corrected chi connectivity index (χ4v) is 3.71. The normalized spacial score (nSPS) is 27.6. The molecule has 1 atom stereocenters. The van der Waals surface area contributed by atoms with Gasteiger partial charge in [-0.2, -0.15) is 5.26 Å². The third-order valence-electron chi connectivity index (χ3n) is 4.80. The summed E-state index contributed by atoms with van der Waals surface area (Å²) in [6.45, 7) is 4.30. The minimum atomic E-state index is -0.342. The highest BCUT2D eigenvalue weighted by atomic mass is 15.2. The van der Waals surface area contributed by atoms with Gasteiger partial charge in [0.15, 0.2) is 0 Å². The second-order valence-electron chi connectivity index (χ2n) is 6.03. The fraction of sp³-hybridized carbons (Fsp3) is 0.588. The topological polar surface area (TPSA) is 27.0 Å². The highest BCUT2D eigenvalue weighted by molar-refractivity contribution is 5.45. The van der Waals surface area contributed by atoms with E-state index in [1.165, 1.54) is 42.4 Å². The first-order valence-corrected chi connectivity index (χ1v) is 7.52. The highest BCUT2D eigenvalue weighted by Crippen LogP contribution is 2.42. The van der Waals surface area contributed by atoms with Gasteiger partial charge < -0.3 is 0 Å². The molecule has 2 nitrogen and oxygen atoms in total. The van der Waals surface area contributed by atoms with Gasteiger partial charge in [-0.05, 0) is 56.8 Å². The first-order chi connectivity index (χ1) is 9.26. The molecular weight excluding hydrogens is 232 g/mol. The molecule has 1 fully saturated rings. The highest BCUT2D eigenvalue weighted by Gasteiger charge is 2.44. The van der Waals surface area contributed by atoms with Crippen LogP contribution in [-0.2, 0) is 12.0 Å². The first kappa shape index (κ1) is 12.7. The van der Waals surface area contributed by atoms with Crippen LogP contribution in [0, 0.1) is 18.3 Å². The Kier molecular flexibility index (Phi) is 3.33. The molecule has 1 aliphatic heterocycles. The van der Waals surface area contributed by atoms with Crippen molar-refractivity contribution in [1.29, 1.82) is 5.26 Å². The van der Waals surface area contributed by atoms with E-state index in [4.69, 9.17) is 0 Å². The molecule has 0 amide bonds. The number of hydrogen-bond donors (Lipinski definition) is 0. The van der Waals surface area contributed by atoms with Gasteiger partial charge in [-0.1, -0.05) is 36.6 Å². The van der Waals surface area contributed by atoms with Crippen LogP contribution in [0.15, 0.2) is 18.2 Å². The molecule has 1 saturated heterocycles. The fourth-order valence-electron chi connectivity index (χ4n) is 3.71. The molecule has 0 radical (unpaired) electrons. The summed E-state index contributed by atoms with van der Waals surface area (Å²) >= 11 is 0. The van der Waals surface area contributed by atoms with Crippen molar-refractivity contribution in [3.05, 3.63) is 34.9 Å². The monoisotopic (exact) mass is 254 g/mol. The van der Waals surface area contributed by atoms with Gasteiger partial charge in [0.25, 0.3) is 0 Å². The smallest absolute Gasteiger partial charge is 0.135 e. The summed E-state index contributed by atoms with van der Waals surface area (Å²) in [6.07, 6.45) is 7.15. The Morgan fingerprint density at radius 2 is 1.89 bits per heavy atom.